The molecule has 2 amide bonds. The monoisotopic (exact) mass is 261 g/mol. The average molecular weight is 262 g/mol. The predicted molar refractivity (Wildman–Crippen MR) is 56.9 cm³/mol. The van der Waals surface area contributed by atoms with Crippen LogP contribution in [-0.4, -0.2) is 17.2 Å². The minimum absolute atomic E-state index is 0.210. The Morgan fingerprint density at radius 1 is 1.25 bits per heavy atom. The third kappa shape index (κ3) is 1.79. The molecular formula is C10H6Cl2FNO2. The molecule has 0 bridgehead atoms. The van der Waals surface area contributed by atoms with Gasteiger partial charge in [-0.1, -0.05) is 11.6 Å². The second-order valence-electron chi connectivity index (χ2n) is 3.40. The molecule has 0 aromatic heterocycles. The van der Waals surface area contributed by atoms with E-state index in [1.54, 1.807) is 0 Å². The zero-order valence-corrected chi connectivity index (χ0v) is 9.35. The van der Waals surface area contributed by atoms with Crippen LogP contribution in [-0.2, 0) is 9.59 Å². The highest BCUT2D eigenvalue weighted by molar-refractivity contribution is 6.38. The lowest BCUT2D eigenvalue weighted by Crippen LogP contribution is -2.22. The molecule has 16 heavy (non-hydrogen) atoms. The number of nitrogens with one attached hydrogen (secondary N) is 1. The van der Waals surface area contributed by atoms with Crippen LogP contribution in [0.25, 0.3) is 0 Å². The first kappa shape index (κ1) is 11.4. The van der Waals surface area contributed by atoms with E-state index in [9.17, 15) is 14.0 Å². The predicted octanol–water partition coefficient (Wildman–Crippen LogP) is 1.83. The Kier molecular flexibility index (Phi) is 2.86. The van der Waals surface area contributed by atoms with E-state index < -0.39 is 28.9 Å². The van der Waals surface area contributed by atoms with Crippen molar-refractivity contribution in [1.29, 1.82) is 0 Å². The van der Waals surface area contributed by atoms with Crippen LogP contribution in [0.15, 0.2) is 18.2 Å². The Hall–Kier alpha value is -1.13. The number of benzene rings is 1. The van der Waals surface area contributed by atoms with Crippen LogP contribution in [0.4, 0.5) is 4.39 Å². The number of alkyl halides is 1. The molecular weight excluding hydrogens is 256 g/mol. The van der Waals surface area contributed by atoms with Gasteiger partial charge in [-0.2, -0.15) is 0 Å². The molecule has 1 N–H and O–H groups in total. The number of imide groups is 1. The molecule has 1 aliphatic rings. The standard InChI is InChI=1S/C10H6Cl2FNO2/c11-6-2-1-4(13)3-5(6)7-8(12)10(16)14-9(7)15/h1-3,7-8H,(H,14,15,16). The van der Waals surface area contributed by atoms with Crippen molar-refractivity contribution < 1.29 is 14.0 Å². The summed E-state index contributed by atoms with van der Waals surface area (Å²) in [7, 11) is 0. The van der Waals surface area contributed by atoms with Crippen molar-refractivity contribution in [3.05, 3.63) is 34.6 Å². The van der Waals surface area contributed by atoms with Gasteiger partial charge in [-0.3, -0.25) is 14.9 Å². The molecule has 1 heterocycles. The number of amides is 2. The van der Waals surface area contributed by atoms with Crippen LogP contribution in [0.3, 0.4) is 0 Å². The normalized spacial score (nSPS) is 24.7. The zero-order valence-electron chi connectivity index (χ0n) is 7.84. The summed E-state index contributed by atoms with van der Waals surface area (Å²) in [5, 5.41) is 1.23. The molecule has 1 aliphatic heterocycles. The number of halogens is 3. The maximum atomic E-state index is 13.0. The molecule has 84 valence electrons. The lowest BCUT2D eigenvalue weighted by molar-refractivity contribution is -0.125. The summed E-state index contributed by atoms with van der Waals surface area (Å²) in [6, 6.07) is 3.61. The smallest absolute Gasteiger partial charge is 0.245 e. The first-order valence-corrected chi connectivity index (χ1v) is 5.26. The Balaban J connectivity index is 2.48. The van der Waals surface area contributed by atoms with Gasteiger partial charge in [-0.15, -0.1) is 11.6 Å². The summed E-state index contributed by atoms with van der Waals surface area (Å²) < 4.78 is 13.0. The summed E-state index contributed by atoms with van der Waals surface area (Å²) in [6.07, 6.45) is 0. The molecule has 2 rings (SSSR count). The fourth-order valence-electron chi connectivity index (χ4n) is 1.60. The molecule has 1 fully saturated rings. The first-order valence-electron chi connectivity index (χ1n) is 4.44. The lowest BCUT2D eigenvalue weighted by Gasteiger charge is -2.11. The number of rotatable bonds is 1. The maximum Gasteiger partial charge on any atom is 0.245 e. The van der Waals surface area contributed by atoms with Gasteiger partial charge >= 0.3 is 0 Å². The minimum atomic E-state index is -1.05. The molecule has 2 atom stereocenters. The summed E-state index contributed by atoms with van der Waals surface area (Å²) in [6.45, 7) is 0. The topological polar surface area (TPSA) is 46.2 Å². The Bertz CT molecular complexity index is 478. The minimum Gasteiger partial charge on any atom is -0.295 e. The van der Waals surface area contributed by atoms with Gasteiger partial charge in [0.15, 0.2) is 0 Å². The van der Waals surface area contributed by atoms with Gasteiger partial charge in [-0.25, -0.2) is 4.39 Å². The van der Waals surface area contributed by atoms with Gasteiger partial charge in [0.05, 0.1) is 5.92 Å². The van der Waals surface area contributed by atoms with Gasteiger partial charge < -0.3 is 0 Å². The molecule has 2 unspecified atom stereocenters. The Labute approximate surface area is 101 Å². The summed E-state index contributed by atoms with van der Waals surface area (Å²) in [5.41, 5.74) is 0.227. The second kappa shape index (κ2) is 4.03. The van der Waals surface area contributed by atoms with E-state index in [2.05, 4.69) is 5.32 Å². The van der Waals surface area contributed by atoms with Crippen LogP contribution in [0, 0.1) is 5.82 Å². The number of hydrogen-bond donors (Lipinski definition) is 1. The van der Waals surface area contributed by atoms with Gasteiger partial charge in [0.25, 0.3) is 0 Å². The van der Waals surface area contributed by atoms with E-state index in [1.165, 1.54) is 12.1 Å². The van der Waals surface area contributed by atoms with Gasteiger partial charge in [0, 0.05) is 5.02 Å². The molecule has 0 saturated carbocycles. The van der Waals surface area contributed by atoms with Crippen LogP contribution in [0.1, 0.15) is 11.5 Å². The lowest BCUT2D eigenvalue weighted by atomic mass is 9.97. The summed E-state index contributed by atoms with van der Waals surface area (Å²) in [5.74, 6) is -2.61. The third-order valence-corrected chi connectivity index (χ3v) is 3.16. The molecule has 0 aliphatic carbocycles. The molecule has 1 saturated heterocycles. The maximum absolute atomic E-state index is 13.0. The van der Waals surface area contributed by atoms with Gasteiger partial charge in [0.1, 0.15) is 11.2 Å². The average Bonchev–Trinajstić information content (AvgIpc) is 2.46. The molecule has 6 heteroatoms. The van der Waals surface area contributed by atoms with Crippen LogP contribution in [0.2, 0.25) is 5.02 Å². The molecule has 1 aromatic rings. The van der Waals surface area contributed by atoms with E-state index in [-0.39, 0.29) is 10.6 Å². The fourth-order valence-corrected chi connectivity index (χ4v) is 2.14. The zero-order chi connectivity index (χ0) is 11.9. The van der Waals surface area contributed by atoms with Crippen molar-refractivity contribution in [3.8, 4) is 0 Å². The number of carbonyl (C=O) groups excluding carboxylic acids is 2. The van der Waals surface area contributed by atoms with E-state index in [0.29, 0.717) is 0 Å². The van der Waals surface area contributed by atoms with Crippen LogP contribution in [0.5, 0.6) is 0 Å². The highest BCUT2D eigenvalue weighted by Gasteiger charge is 2.42. The molecule has 3 nitrogen and oxygen atoms in total. The Morgan fingerprint density at radius 3 is 2.50 bits per heavy atom. The van der Waals surface area contributed by atoms with Crippen molar-refractivity contribution in [3.63, 3.8) is 0 Å². The van der Waals surface area contributed by atoms with Crippen LogP contribution < -0.4 is 5.32 Å². The SMILES string of the molecule is O=C1NC(=O)C(c2cc(F)ccc2Cl)C1Cl. The van der Waals surface area contributed by atoms with E-state index in [1.807, 2.05) is 0 Å². The first-order chi connectivity index (χ1) is 7.50. The van der Waals surface area contributed by atoms with E-state index >= 15 is 0 Å². The molecule has 1 aromatic carbocycles. The van der Waals surface area contributed by atoms with E-state index in [4.69, 9.17) is 23.2 Å². The summed E-state index contributed by atoms with van der Waals surface area (Å²) >= 11 is 11.6. The number of hydrogen-bond acceptors (Lipinski definition) is 2. The van der Waals surface area contributed by atoms with Gasteiger partial charge in [-0.05, 0) is 23.8 Å². The van der Waals surface area contributed by atoms with Crippen molar-refractivity contribution in [2.45, 2.75) is 11.3 Å². The fraction of sp³-hybridized carbons (Fsp3) is 0.200. The van der Waals surface area contributed by atoms with Crippen molar-refractivity contribution >= 4 is 35.0 Å². The highest BCUT2D eigenvalue weighted by atomic mass is 35.5. The summed E-state index contributed by atoms with van der Waals surface area (Å²) in [4.78, 5) is 22.6. The third-order valence-electron chi connectivity index (χ3n) is 2.37. The number of carbonyl (C=O) groups is 2. The highest BCUT2D eigenvalue weighted by Crippen LogP contribution is 2.33. The van der Waals surface area contributed by atoms with E-state index in [0.717, 1.165) is 6.07 Å². The quantitative estimate of drug-likeness (QED) is 0.620. The Morgan fingerprint density at radius 2 is 1.94 bits per heavy atom. The largest absolute Gasteiger partial charge is 0.295 e. The molecule has 0 radical (unpaired) electrons. The van der Waals surface area contributed by atoms with Gasteiger partial charge in [0.2, 0.25) is 11.8 Å². The van der Waals surface area contributed by atoms with Crippen molar-refractivity contribution in [2.75, 3.05) is 0 Å². The van der Waals surface area contributed by atoms with Crippen molar-refractivity contribution in [2.24, 2.45) is 0 Å². The van der Waals surface area contributed by atoms with Crippen molar-refractivity contribution in [1.82, 2.24) is 5.32 Å². The van der Waals surface area contributed by atoms with Crippen LogP contribution >= 0.6 is 23.2 Å². The molecule has 0 spiro atoms. The second-order valence-corrected chi connectivity index (χ2v) is 4.28.